The Morgan fingerprint density at radius 1 is 1.25 bits per heavy atom. The zero-order valence-electron chi connectivity index (χ0n) is 10.6. The minimum absolute atomic E-state index is 0.0221. The average Bonchev–Trinajstić information content (AvgIpc) is 2.39. The summed E-state index contributed by atoms with van der Waals surface area (Å²) in [7, 11) is -3.84. The van der Waals surface area contributed by atoms with Gasteiger partial charge in [0.1, 0.15) is 10.7 Å². The number of nitrogen functional groups attached to an aromatic ring is 1. The normalized spacial score (nSPS) is 13.1. The Morgan fingerprint density at radius 3 is 2.45 bits per heavy atom. The second-order valence-electron chi connectivity index (χ2n) is 4.14. The Hall–Kier alpha value is -2.06. The van der Waals surface area contributed by atoms with Crippen molar-refractivity contribution in [3.05, 3.63) is 48.0 Å². The number of nitrogens with one attached hydrogen (secondary N) is 1. The molecule has 1 aromatic heterocycles. The van der Waals surface area contributed by atoms with Crippen LogP contribution in [0.2, 0.25) is 0 Å². The molecule has 0 bridgehead atoms. The van der Waals surface area contributed by atoms with Crippen LogP contribution in [0.25, 0.3) is 0 Å². The van der Waals surface area contributed by atoms with Crippen LogP contribution < -0.4 is 10.5 Å². The van der Waals surface area contributed by atoms with E-state index in [0.717, 1.165) is 12.4 Å². The first kappa shape index (κ1) is 14.4. The minimum Gasteiger partial charge on any atom is -0.368 e. The molecule has 1 atom stereocenters. The zero-order valence-corrected chi connectivity index (χ0v) is 11.4. The van der Waals surface area contributed by atoms with E-state index in [0.29, 0.717) is 0 Å². The molecule has 0 saturated heterocycles. The lowest BCUT2D eigenvalue weighted by Gasteiger charge is -2.15. The SMILES string of the molecule is CC(NS(=O)(=O)c1cnc(N)nc1)c1ccccc1F. The lowest BCUT2D eigenvalue weighted by Crippen LogP contribution is -2.27. The van der Waals surface area contributed by atoms with Crippen molar-refractivity contribution in [3.8, 4) is 0 Å². The van der Waals surface area contributed by atoms with E-state index in [9.17, 15) is 12.8 Å². The van der Waals surface area contributed by atoms with Gasteiger partial charge in [0.15, 0.2) is 0 Å². The highest BCUT2D eigenvalue weighted by molar-refractivity contribution is 7.89. The van der Waals surface area contributed by atoms with E-state index in [1.807, 2.05) is 0 Å². The molecular weight excluding hydrogens is 283 g/mol. The van der Waals surface area contributed by atoms with Gasteiger partial charge in [-0.15, -0.1) is 0 Å². The largest absolute Gasteiger partial charge is 0.368 e. The Bertz CT molecular complexity index is 704. The Labute approximate surface area is 115 Å². The van der Waals surface area contributed by atoms with Crippen molar-refractivity contribution in [3.63, 3.8) is 0 Å². The summed E-state index contributed by atoms with van der Waals surface area (Å²) in [4.78, 5) is 7.10. The minimum atomic E-state index is -3.84. The summed E-state index contributed by atoms with van der Waals surface area (Å²) in [5.41, 5.74) is 5.55. The van der Waals surface area contributed by atoms with Crippen LogP contribution in [0.1, 0.15) is 18.5 Å². The maximum Gasteiger partial charge on any atom is 0.244 e. The van der Waals surface area contributed by atoms with Gasteiger partial charge in [0.2, 0.25) is 16.0 Å². The Balaban J connectivity index is 2.24. The van der Waals surface area contributed by atoms with Gasteiger partial charge in [-0.1, -0.05) is 18.2 Å². The second kappa shape index (κ2) is 5.51. The van der Waals surface area contributed by atoms with Crippen LogP contribution in [0.15, 0.2) is 41.6 Å². The maximum atomic E-state index is 13.6. The molecule has 3 N–H and O–H groups in total. The van der Waals surface area contributed by atoms with E-state index in [2.05, 4.69) is 14.7 Å². The molecule has 1 heterocycles. The van der Waals surface area contributed by atoms with Gasteiger partial charge in [0, 0.05) is 11.6 Å². The first-order chi connectivity index (χ1) is 9.40. The number of hydrogen-bond acceptors (Lipinski definition) is 5. The Kier molecular flexibility index (Phi) is 3.96. The van der Waals surface area contributed by atoms with Crippen LogP contribution in [0.3, 0.4) is 0 Å². The summed E-state index contributed by atoms with van der Waals surface area (Å²) in [6, 6.07) is 5.23. The van der Waals surface area contributed by atoms with Gasteiger partial charge in [-0.2, -0.15) is 0 Å². The van der Waals surface area contributed by atoms with Crippen LogP contribution in [0.4, 0.5) is 10.3 Å². The third kappa shape index (κ3) is 3.09. The predicted molar refractivity (Wildman–Crippen MR) is 71.6 cm³/mol. The fourth-order valence-electron chi connectivity index (χ4n) is 1.66. The van der Waals surface area contributed by atoms with Gasteiger partial charge in [0.05, 0.1) is 12.4 Å². The highest BCUT2D eigenvalue weighted by Crippen LogP contribution is 2.18. The molecule has 0 fully saturated rings. The smallest absolute Gasteiger partial charge is 0.244 e. The number of nitrogens with two attached hydrogens (primary N) is 1. The summed E-state index contributed by atoms with van der Waals surface area (Å²) in [6.07, 6.45) is 2.19. The number of anilines is 1. The van der Waals surface area contributed by atoms with E-state index in [1.165, 1.54) is 18.2 Å². The quantitative estimate of drug-likeness (QED) is 0.884. The van der Waals surface area contributed by atoms with E-state index in [1.54, 1.807) is 13.0 Å². The molecule has 0 aliphatic rings. The molecular formula is C12H13FN4O2S. The van der Waals surface area contributed by atoms with E-state index in [-0.39, 0.29) is 16.4 Å². The highest BCUT2D eigenvalue weighted by atomic mass is 32.2. The molecule has 0 aliphatic heterocycles. The lowest BCUT2D eigenvalue weighted by atomic mass is 10.1. The number of sulfonamides is 1. The third-order valence-electron chi connectivity index (χ3n) is 2.66. The van der Waals surface area contributed by atoms with E-state index >= 15 is 0 Å². The summed E-state index contributed by atoms with van der Waals surface area (Å²) >= 11 is 0. The van der Waals surface area contributed by atoms with Crippen molar-refractivity contribution in [2.45, 2.75) is 17.9 Å². The molecule has 1 unspecified atom stereocenters. The molecule has 0 aliphatic carbocycles. The van der Waals surface area contributed by atoms with E-state index in [4.69, 9.17) is 5.73 Å². The van der Waals surface area contributed by atoms with Gasteiger partial charge in [0.25, 0.3) is 0 Å². The number of rotatable bonds is 4. The molecule has 106 valence electrons. The first-order valence-electron chi connectivity index (χ1n) is 5.74. The fraction of sp³-hybridized carbons (Fsp3) is 0.167. The summed E-state index contributed by atoms with van der Waals surface area (Å²) < 4.78 is 40.1. The van der Waals surface area contributed by atoms with Crippen molar-refractivity contribution in [2.24, 2.45) is 0 Å². The number of aromatic nitrogens is 2. The third-order valence-corrected chi connectivity index (χ3v) is 4.16. The number of nitrogens with zero attached hydrogens (tertiary/aromatic N) is 2. The monoisotopic (exact) mass is 296 g/mol. The molecule has 2 aromatic rings. The number of benzene rings is 1. The van der Waals surface area contributed by atoms with Crippen LogP contribution in [-0.2, 0) is 10.0 Å². The molecule has 2 rings (SSSR count). The van der Waals surface area contributed by atoms with Crippen molar-refractivity contribution in [2.75, 3.05) is 5.73 Å². The van der Waals surface area contributed by atoms with Crippen molar-refractivity contribution < 1.29 is 12.8 Å². The second-order valence-corrected chi connectivity index (χ2v) is 5.86. The maximum absolute atomic E-state index is 13.6. The van der Waals surface area contributed by atoms with Crippen molar-refractivity contribution in [1.82, 2.24) is 14.7 Å². The van der Waals surface area contributed by atoms with Crippen LogP contribution in [0.5, 0.6) is 0 Å². The average molecular weight is 296 g/mol. The van der Waals surface area contributed by atoms with Crippen LogP contribution >= 0.6 is 0 Å². The topological polar surface area (TPSA) is 98.0 Å². The van der Waals surface area contributed by atoms with Crippen molar-refractivity contribution >= 4 is 16.0 Å². The molecule has 20 heavy (non-hydrogen) atoms. The van der Waals surface area contributed by atoms with Gasteiger partial charge in [-0.3, -0.25) is 0 Å². The predicted octanol–water partition coefficient (Wildman–Crippen LogP) is 1.24. The van der Waals surface area contributed by atoms with Gasteiger partial charge >= 0.3 is 0 Å². The van der Waals surface area contributed by atoms with Gasteiger partial charge in [-0.05, 0) is 13.0 Å². The summed E-state index contributed by atoms with van der Waals surface area (Å²) in [6.45, 7) is 1.55. The first-order valence-corrected chi connectivity index (χ1v) is 7.23. The molecule has 1 aromatic carbocycles. The fourth-order valence-corrected chi connectivity index (χ4v) is 2.77. The van der Waals surface area contributed by atoms with Crippen LogP contribution in [0, 0.1) is 5.82 Å². The zero-order chi connectivity index (χ0) is 14.8. The van der Waals surface area contributed by atoms with Gasteiger partial charge < -0.3 is 5.73 Å². The molecule has 8 heteroatoms. The summed E-state index contributed by atoms with van der Waals surface area (Å²) in [5.74, 6) is -0.498. The van der Waals surface area contributed by atoms with Crippen molar-refractivity contribution in [1.29, 1.82) is 0 Å². The standard InChI is InChI=1S/C12H13FN4O2S/c1-8(10-4-2-3-5-11(10)13)17-20(18,19)9-6-15-12(14)16-7-9/h2-8,17H,1H3,(H2,14,15,16). The summed E-state index contributed by atoms with van der Waals surface area (Å²) in [5, 5.41) is 0. The molecule has 0 radical (unpaired) electrons. The number of halogens is 1. The van der Waals surface area contributed by atoms with E-state index < -0.39 is 21.9 Å². The molecule has 0 amide bonds. The Morgan fingerprint density at radius 2 is 1.85 bits per heavy atom. The molecule has 0 spiro atoms. The lowest BCUT2D eigenvalue weighted by molar-refractivity contribution is 0.549. The molecule has 0 saturated carbocycles. The van der Waals surface area contributed by atoms with Gasteiger partial charge in [-0.25, -0.2) is 27.5 Å². The van der Waals surface area contributed by atoms with Crippen LogP contribution in [-0.4, -0.2) is 18.4 Å². The number of hydrogen-bond donors (Lipinski definition) is 2. The molecule has 6 nitrogen and oxygen atoms in total. The highest BCUT2D eigenvalue weighted by Gasteiger charge is 2.20.